The molecule has 0 fully saturated rings. The molecule has 1 aromatic rings. The van der Waals surface area contributed by atoms with E-state index in [2.05, 4.69) is 37.9 Å². The molecule has 0 aliphatic rings. The molecule has 20 heavy (non-hydrogen) atoms. The fraction of sp³-hybridized carbons (Fsp3) is 0.625. The van der Waals surface area contributed by atoms with E-state index < -0.39 is 6.10 Å². The number of halogens is 1. The minimum atomic E-state index is -0.560. The molecular weight excluding hydrogens is 272 g/mol. The molecule has 0 amide bonds. The van der Waals surface area contributed by atoms with Crippen molar-refractivity contribution in [2.24, 2.45) is 0 Å². The topological polar surface area (TPSA) is 35.5 Å². The quantitative estimate of drug-likeness (QED) is 0.724. The van der Waals surface area contributed by atoms with Gasteiger partial charge in [-0.25, -0.2) is 0 Å². The number of benzene rings is 1. The minimum Gasteiger partial charge on any atom is -0.387 e. The van der Waals surface area contributed by atoms with Crippen LogP contribution in [0.15, 0.2) is 24.3 Å². The molecule has 1 atom stereocenters. The van der Waals surface area contributed by atoms with Gasteiger partial charge < -0.3 is 10.4 Å². The Morgan fingerprint density at radius 3 is 2.30 bits per heavy atom. The molecule has 0 radical (unpaired) electrons. The highest BCUT2D eigenvalue weighted by Crippen LogP contribution is 2.21. The molecule has 2 N–H and O–H groups in total. The molecule has 1 aromatic carbocycles. The van der Waals surface area contributed by atoms with Gasteiger partial charge in [-0.3, -0.25) is 4.90 Å². The lowest BCUT2D eigenvalue weighted by Gasteiger charge is -2.30. The summed E-state index contributed by atoms with van der Waals surface area (Å²) in [6.45, 7) is 11.2. The molecule has 0 spiro atoms. The summed E-state index contributed by atoms with van der Waals surface area (Å²) in [6, 6.07) is 8.50. The largest absolute Gasteiger partial charge is 0.387 e. The first-order valence-corrected chi connectivity index (χ1v) is 7.70. The van der Waals surface area contributed by atoms with Gasteiger partial charge >= 0.3 is 0 Å². The summed E-state index contributed by atoms with van der Waals surface area (Å²) in [7, 11) is 0. The number of hydrogen-bond donors (Lipinski definition) is 2. The Kier molecular flexibility index (Phi) is 7.52. The summed E-state index contributed by atoms with van der Waals surface area (Å²) in [5.41, 5.74) is 0.784. The predicted molar refractivity (Wildman–Crippen MR) is 86.3 cm³/mol. The maximum atomic E-state index is 10.1. The van der Waals surface area contributed by atoms with Gasteiger partial charge in [-0.1, -0.05) is 29.8 Å². The van der Waals surface area contributed by atoms with Crippen molar-refractivity contribution < 1.29 is 5.11 Å². The predicted octanol–water partition coefficient (Wildman–Crippen LogP) is 3.08. The molecule has 0 saturated heterocycles. The van der Waals surface area contributed by atoms with Crippen LogP contribution in [-0.2, 0) is 0 Å². The zero-order valence-electron chi connectivity index (χ0n) is 12.9. The summed E-state index contributed by atoms with van der Waals surface area (Å²) in [6.07, 6.45) is -0.560. The Labute approximate surface area is 127 Å². The van der Waals surface area contributed by atoms with E-state index in [0.29, 0.717) is 23.7 Å². The Balaban J connectivity index is 2.36. The molecule has 3 nitrogen and oxygen atoms in total. The molecule has 4 heteroatoms. The van der Waals surface area contributed by atoms with E-state index in [9.17, 15) is 5.11 Å². The molecule has 0 aliphatic carbocycles. The van der Waals surface area contributed by atoms with Gasteiger partial charge in [0.2, 0.25) is 0 Å². The van der Waals surface area contributed by atoms with Crippen molar-refractivity contribution in [2.45, 2.75) is 45.9 Å². The number of nitrogens with zero attached hydrogens (tertiary/aromatic N) is 1. The third-order valence-corrected chi connectivity index (χ3v) is 3.82. The number of aliphatic hydroxyl groups excluding tert-OH is 1. The molecule has 114 valence electrons. The number of nitrogens with one attached hydrogen (secondary N) is 1. The zero-order valence-corrected chi connectivity index (χ0v) is 13.7. The van der Waals surface area contributed by atoms with Crippen molar-refractivity contribution in [1.29, 1.82) is 0 Å². The molecule has 0 bridgehead atoms. The third-order valence-electron chi connectivity index (χ3n) is 3.48. The van der Waals surface area contributed by atoms with Crippen LogP contribution < -0.4 is 5.32 Å². The van der Waals surface area contributed by atoms with Crippen LogP contribution in [0.25, 0.3) is 0 Å². The standard InChI is InChI=1S/C16H27ClN2O/c1-12(2)19(13(3)4)10-9-18-11-16(20)14-7-5-6-8-15(14)17/h5-8,12-13,16,18,20H,9-11H2,1-4H3. The molecule has 1 unspecified atom stereocenters. The number of rotatable bonds is 8. The minimum absolute atomic E-state index is 0.522. The lowest BCUT2D eigenvalue weighted by Crippen LogP contribution is -2.42. The van der Waals surface area contributed by atoms with Gasteiger partial charge in [-0.2, -0.15) is 0 Å². The van der Waals surface area contributed by atoms with Crippen molar-refractivity contribution in [3.63, 3.8) is 0 Å². The molecule has 0 aromatic heterocycles. The highest BCUT2D eigenvalue weighted by molar-refractivity contribution is 6.31. The van der Waals surface area contributed by atoms with Crippen LogP contribution in [0.4, 0.5) is 0 Å². The Bertz CT molecular complexity index is 388. The van der Waals surface area contributed by atoms with Gasteiger partial charge in [0.15, 0.2) is 0 Å². The summed E-state index contributed by atoms with van der Waals surface area (Å²) >= 11 is 6.07. The van der Waals surface area contributed by atoms with E-state index in [1.165, 1.54) is 0 Å². The van der Waals surface area contributed by atoms with Crippen LogP contribution in [0.3, 0.4) is 0 Å². The lowest BCUT2D eigenvalue weighted by molar-refractivity contribution is 0.157. The molecule has 1 rings (SSSR count). The van der Waals surface area contributed by atoms with Crippen LogP contribution in [0.5, 0.6) is 0 Å². The Morgan fingerprint density at radius 2 is 1.75 bits per heavy atom. The molecule has 0 heterocycles. The van der Waals surface area contributed by atoms with Gasteiger partial charge in [0.05, 0.1) is 6.10 Å². The van der Waals surface area contributed by atoms with E-state index in [4.69, 9.17) is 11.6 Å². The van der Waals surface area contributed by atoms with E-state index in [1.807, 2.05) is 18.2 Å². The van der Waals surface area contributed by atoms with Crippen LogP contribution in [0.2, 0.25) is 5.02 Å². The van der Waals surface area contributed by atoms with Gasteiger partial charge in [-0.15, -0.1) is 0 Å². The Morgan fingerprint density at radius 1 is 1.15 bits per heavy atom. The van der Waals surface area contributed by atoms with Crippen LogP contribution in [0.1, 0.15) is 39.4 Å². The van der Waals surface area contributed by atoms with Gasteiger partial charge in [0.1, 0.15) is 0 Å². The van der Waals surface area contributed by atoms with Crippen LogP contribution >= 0.6 is 11.6 Å². The summed E-state index contributed by atoms with van der Waals surface area (Å²) in [4.78, 5) is 2.43. The molecule has 0 aliphatic heterocycles. The van der Waals surface area contributed by atoms with Crippen molar-refractivity contribution in [1.82, 2.24) is 10.2 Å². The van der Waals surface area contributed by atoms with E-state index in [0.717, 1.165) is 18.7 Å². The number of aliphatic hydroxyl groups is 1. The van der Waals surface area contributed by atoms with Crippen molar-refractivity contribution in [3.8, 4) is 0 Å². The maximum Gasteiger partial charge on any atom is 0.0928 e. The second-order valence-electron chi connectivity index (χ2n) is 5.67. The average Bonchev–Trinajstić information content (AvgIpc) is 2.37. The monoisotopic (exact) mass is 298 g/mol. The van der Waals surface area contributed by atoms with Crippen molar-refractivity contribution in [2.75, 3.05) is 19.6 Å². The summed E-state index contributed by atoms with van der Waals surface area (Å²) in [5.74, 6) is 0. The van der Waals surface area contributed by atoms with E-state index >= 15 is 0 Å². The SMILES string of the molecule is CC(C)N(CCNCC(O)c1ccccc1Cl)C(C)C. The second kappa shape index (κ2) is 8.63. The third kappa shape index (κ3) is 5.41. The first kappa shape index (κ1) is 17.4. The Hall–Kier alpha value is -0.610. The summed E-state index contributed by atoms with van der Waals surface area (Å²) in [5, 5.41) is 14.0. The van der Waals surface area contributed by atoms with Crippen molar-refractivity contribution in [3.05, 3.63) is 34.9 Å². The number of hydrogen-bond acceptors (Lipinski definition) is 3. The van der Waals surface area contributed by atoms with E-state index in [-0.39, 0.29) is 0 Å². The first-order chi connectivity index (χ1) is 9.43. The lowest BCUT2D eigenvalue weighted by atomic mass is 10.1. The summed E-state index contributed by atoms with van der Waals surface area (Å²) < 4.78 is 0. The highest BCUT2D eigenvalue weighted by atomic mass is 35.5. The second-order valence-corrected chi connectivity index (χ2v) is 6.07. The van der Waals surface area contributed by atoms with Crippen molar-refractivity contribution >= 4 is 11.6 Å². The molecule has 0 saturated carbocycles. The smallest absolute Gasteiger partial charge is 0.0928 e. The fourth-order valence-corrected chi connectivity index (χ4v) is 2.68. The normalized spacial score (nSPS) is 13.4. The van der Waals surface area contributed by atoms with Gasteiger partial charge in [0.25, 0.3) is 0 Å². The first-order valence-electron chi connectivity index (χ1n) is 7.32. The van der Waals surface area contributed by atoms with Gasteiger partial charge in [0, 0.05) is 42.3 Å². The highest BCUT2D eigenvalue weighted by Gasteiger charge is 2.13. The maximum absolute atomic E-state index is 10.1. The molecular formula is C16H27ClN2O. The van der Waals surface area contributed by atoms with E-state index in [1.54, 1.807) is 6.07 Å². The average molecular weight is 299 g/mol. The van der Waals surface area contributed by atoms with Crippen LogP contribution in [-0.4, -0.2) is 41.7 Å². The fourth-order valence-electron chi connectivity index (χ4n) is 2.41. The van der Waals surface area contributed by atoms with Gasteiger partial charge in [-0.05, 0) is 33.8 Å². The van der Waals surface area contributed by atoms with Crippen LogP contribution in [0, 0.1) is 0 Å². The zero-order chi connectivity index (χ0) is 15.1.